The zero-order valence-electron chi connectivity index (χ0n) is 14.4. The minimum Gasteiger partial charge on any atom is -0.488 e. The second-order valence-electron chi connectivity index (χ2n) is 6.24. The van der Waals surface area contributed by atoms with Crippen LogP contribution in [0.2, 0.25) is 5.02 Å². The molecule has 0 aliphatic carbocycles. The third-order valence-corrected chi connectivity index (χ3v) is 4.39. The van der Waals surface area contributed by atoms with E-state index in [1.54, 1.807) is 36.5 Å². The molecule has 136 valence electrons. The highest BCUT2D eigenvalue weighted by Crippen LogP contribution is 2.29. The lowest BCUT2D eigenvalue weighted by Crippen LogP contribution is -2.19. The molecule has 1 aliphatic heterocycles. The van der Waals surface area contributed by atoms with Gasteiger partial charge in [-0.15, -0.1) is 0 Å². The van der Waals surface area contributed by atoms with E-state index in [1.165, 1.54) is 10.5 Å². The third kappa shape index (κ3) is 3.57. The number of aromatic nitrogens is 2. The standard InChI is InChI=1S/C20H15ClN2O4/c1-12-2-5-18-22-16(8-19(24)23(18)9-12)11-27-20(25)14-6-13-7-15(21)3-4-17(13)26-10-14/h2-9H,10-11H2,1H3. The van der Waals surface area contributed by atoms with Crippen LogP contribution in [-0.2, 0) is 16.1 Å². The van der Waals surface area contributed by atoms with Crippen molar-refractivity contribution in [3.05, 3.63) is 80.4 Å². The lowest BCUT2D eigenvalue weighted by atomic mass is 10.1. The topological polar surface area (TPSA) is 69.9 Å². The van der Waals surface area contributed by atoms with E-state index < -0.39 is 5.97 Å². The predicted molar refractivity (Wildman–Crippen MR) is 101 cm³/mol. The van der Waals surface area contributed by atoms with Crippen LogP contribution in [0.1, 0.15) is 16.8 Å². The number of hydrogen-bond donors (Lipinski definition) is 0. The molecule has 1 aliphatic rings. The van der Waals surface area contributed by atoms with Gasteiger partial charge >= 0.3 is 5.97 Å². The molecule has 2 aromatic heterocycles. The number of aryl methyl sites for hydroxylation is 1. The summed E-state index contributed by atoms with van der Waals surface area (Å²) in [5, 5.41) is 0.555. The summed E-state index contributed by atoms with van der Waals surface area (Å²) in [5.74, 6) is 0.141. The van der Waals surface area contributed by atoms with Crippen molar-refractivity contribution in [2.75, 3.05) is 6.61 Å². The fraction of sp³-hybridized carbons (Fsp3) is 0.150. The Labute approximate surface area is 159 Å². The van der Waals surface area contributed by atoms with Crippen molar-refractivity contribution >= 4 is 29.3 Å². The number of halogens is 1. The highest BCUT2D eigenvalue weighted by atomic mass is 35.5. The lowest BCUT2D eigenvalue weighted by molar-refractivity contribution is -0.140. The Morgan fingerprint density at radius 1 is 1.30 bits per heavy atom. The van der Waals surface area contributed by atoms with Crippen LogP contribution in [0.3, 0.4) is 0 Å². The number of pyridine rings is 1. The molecule has 6 nitrogen and oxygen atoms in total. The normalized spacial score (nSPS) is 12.9. The maximum Gasteiger partial charge on any atom is 0.337 e. The summed E-state index contributed by atoms with van der Waals surface area (Å²) in [4.78, 5) is 28.9. The fourth-order valence-corrected chi connectivity index (χ4v) is 3.01. The van der Waals surface area contributed by atoms with Gasteiger partial charge in [0.05, 0.1) is 11.3 Å². The molecule has 0 fully saturated rings. The fourth-order valence-electron chi connectivity index (χ4n) is 2.83. The van der Waals surface area contributed by atoms with E-state index in [9.17, 15) is 9.59 Å². The van der Waals surface area contributed by atoms with Crippen LogP contribution in [0.25, 0.3) is 11.7 Å². The Hall–Kier alpha value is -3.12. The first-order valence-electron chi connectivity index (χ1n) is 8.28. The Bertz CT molecular complexity index is 1150. The molecule has 3 heterocycles. The number of carbonyl (C=O) groups excluding carboxylic acids is 1. The van der Waals surface area contributed by atoms with Gasteiger partial charge in [-0.25, -0.2) is 9.78 Å². The quantitative estimate of drug-likeness (QED) is 0.651. The molecule has 0 saturated heterocycles. The second kappa shape index (κ2) is 6.89. The zero-order valence-corrected chi connectivity index (χ0v) is 15.2. The van der Waals surface area contributed by atoms with E-state index in [1.807, 2.05) is 13.0 Å². The van der Waals surface area contributed by atoms with Gasteiger partial charge in [0.1, 0.15) is 24.6 Å². The SMILES string of the molecule is Cc1ccc2nc(COC(=O)C3=Cc4cc(Cl)ccc4OC3)cc(=O)n2c1. The van der Waals surface area contributed by atoms with Crippen molar-refractivity contribution in [3.8, 4) is 5.75 Å². The number of esters is 1. The first kappa shape index (κ1) is 17.3. The van der Waals surface area contributed by atoms with Crippen LogP contribution in [0.4, 0.5) is 0 Å². The highest BCUT2D eigenvalue weighted by molar-refractivity contribution is 6.30. The van der Waals surface area contributed by atoms with Gasteiger partial charge < -0.3 is 9.47 Å². The van der Waals surface area contributed by atoms with E-state index in [0.717, 1.165) is 11.1 Å². The van der Waals surface area contributed by atoms with Gasteiger partial charge in [-0.2, -0.15) is 0 Å². The molecule has 0 N–H and O–H groups in total. The number of fused-ring (bicyclic) bond motifs is 2. The van der Waals surface area contributed by atoms with Gasteiger partial charge in [0.15, 0.2) is 0 Å². The van der Waals surface area contributed by atoms with E-state index in [2.05, 4.69) is 4.98 Å². The molecule has 3 aromatic rings. The second-order valence-corrected chi connectivity index (χ2v) is 6.67. The van der Waals surface area contributed by atoms with Crippen molar-refractivity contribution in [1.82, 2.24) is 9.38 Å². The first-order valence-corrected chi connectivity index (χ1v) is 8.66. The molecule has 4 rings (SSSR count). The minimum absolute atomic E-state index is 0.0990. The average Bonchev–Trinajstić information content (AvgIpc) is 2.66. The molecule has 0 spiro atoms. The summed E-state index contributed by atoms with van der Waals surface area (Å²) in [6.07, 6.45) is 3.41. The maximum atomic E-state index is 12.3. The van der Waals surface area contributed by atoms with E-state index in [4.69, 9.17) is 21.1 Å². The van der Waals surface area contributed by atoms with Crippen LogP contribution in [0.5, 0.6) is 5.75 Å². The van der Waals surface area contributed by atoms with Gasteiger partial charge in [0.25, 0.3) is 5.56 Å². The number of rotatable bonds is 3. The Morgan fingerprint density at radius 2 is 2.15 bits per heavy atom. The van der Waals surface area contributed by atoms with E-state index in [-0.39, 0.29) is 18.8 Å². The van der Waals surface area contributed by atoms with E-state index in [0.29, 0.717) is 27.7 Å². The summed E-state index contributed by atoms with van der Waals surface area (Å²) in [7, 11) is 0. The van der Waals surface area contributed by atoms with Crippen LogP contribution in [0.15, 0.2) is 53.0 Å². The summed E-state index contributed by atoms with van der Waals surface area (Å²) < 4.78 is 12.3. The third-order valence-electron chi connectivity index (χ3n) is 4.16. The van der Waals surface area contributed by atoms with Crippen LogP contribution in [0, 0.1) is 6.92 Å². The zero-order chi connectivity index (χ0) is 19.0. The molecule has 0 bridgehead atoms. The molecule has 27 heavy (non-hydrogen) atoms. The van der Waals surface area contributed by atoms with Gasteiger partial charge in [-0.1, -0.05) is 17.7 Å². The van der Waals surface area contributed by atoms with Crippen molar-refractivity contribution in [2.45, 2.75) is 13.5 Å². The van der Waals surface area contributed by atoms with Crippen LogP contribution < -0.4 is 10.3 Å². The van der Waals surface area contributed by atoms with Crippen LogP contribution >= 0.6 is 11.6 Å². The highest BCUT2D eigenvalue weighted by Gasteiger charge is 2.19. The summed E-state index contributed by atoms with van der Waals surface area (Å²) >= 11 is 5.98. The Morgan fingerprint density at radius 3 is 3.00 bits per heavy atom. The molecular formula is C20H15ClN2O4. The monoisotopic (exact) mass is 382 g/mol. The molecule has 0 unspecified atom stereocenters. The maximum absolute atomic E-state index is 12.3. The number of hydrogen-bond acceptors (Lipinski definition) is 5. The minimum atomic E-state index is -0.522. The predicted octanol–water partition coefficient (Wildman–Crippen LogP) is 3.18. The molecule has 1 aromatic carbocycles. The summed E-state index contributed by atoms with van der Waals surface area (Å²) in [6, 6.07) is 10.2. The lowest BCUT2D eigenvalue weighted by Gasteiger charge is -2.17. The number of carbonyl (C=O) groups is 1. The van der Waals surface area contributed by atoms with Crippen molar-refractivity contribution in [3.63, 3.8) is 0 Å². The first-order chi connectivity index (χ1) is 13.0. The van der Waals surface area contributed by atoms with Gasteiger partial charge in [0.2, 0.25) is 0 Å². The largest absolute Gasteiger partial charge is 0.488 e. The number of benzene rings is 1. The van der Waals surface area contributed by atoms with Crippen LogP contribution in [-0.4, -0.2) is 22.0 Å². The smallest absolute Gasteiger partial charge is 0.337 e. The molecule has 0 saturated carbocycles. The average molecular weight is 383 g/mol. The summed E-state index contributed by atoms with van der Waals surface area (Å²) in [6.45, 7) is 1.91. The number of nitrogens with zero attached hydrogens (tertiary/aromatic N) is 2. The molecule has 0 atom stereocenters. The molecule has 7 heteroatoms. The molecule has 0 radical (unpaired) electrons. The number of ether oxygens (including phenoxy) is 2. The summed E-state index contributed by atoms with van der Waals surface area (Å²) in [5.41, 5.74) is 2.71. The Kier molecular flexibility index (Phi) is 4.41. The molecular weight excluding hydrogens is 368 g/mol. The van der Waals surface area contributed by atoms with Gasteiger partial charge in [-0.3, -0.25) is 9.20 Å². The Balaban J connectivity index is 1.52. The van der Waals surface area contributed by atoms with Crippen molar-refractivity contribution in [2.24, 2.45) is 0 Å². The van der Waals surface area contributed by atoms with Gasteiger partial charge in [-0.05, 0) is 42.8 Å². The molecule has 0 amide bonds. The van der Waals surface area contributed by atoms with Gasteiger partial charge in [0, 0.05) is 22.8 Å². The van der Waals surface area contributed by atoms with Crippen molar-refractivity contribution < 1.29 is 14.3 Å². The van der Waals surface area contributed by atoms with Crippen molar-refractivity contribution in [1.29, 1.82) is 0 Å². The van der Waals surface area contributed by atoms with E-state index >= 15 is 0 Å².